The summed E-state index contributed by atoms with van der Waals surface area (Å²) >= 11 is 1.43. The van der Waals surface area contributed by atoms with Crippen molar-refractivity contribution in [2.24, 2.45) is 23.1 Å². The van der Waals surface area contributed by atoms with Crippen LogP contribution < -0.4 is 33.2 Å². The van der Waals surface area contributed by atoms with E-state index in [0.29, 0.717) is 25.1 Å². The van der Waals surface area contributed by atoms with E-state index in [-0.39, 0.29) is 31.6 Å². The molecule has 13 heteroatoms. The SMILES string of the molecule is CSCCC(NC(=O)C(CCC(N)=O)NC(=O)C(CCCCN)NC(=O)C(N)C(C)C)C(=O)O. The van der Waals surface area contributed by atoms with Crippen LogP contribution in [0.15, 0.2) is 0 Å². The fraction of sp³-hybridized carbons (Fsp3) is 0.762. The molecule has 10 N–H and O–H groups in total. The number of carboxylic acids is 1. The summed E-state index contributed by atoms with van der Waals surface area (Å²) < 4.78 is 0. The minimum atomic E-state index is -1.22. The van der Waals surface area contributed by atoms with Crippen molar-refractivity contribution in [3.63, 3.8) is 0 Å². The van der Waals surface area contributed by atoms with Crippen molar-refractivity contribution in [2.45, 2.75) is 76.5 Å². The molecule has 0 saturated heterocycles. The number of nitrogens with one attached hydrogen (secondary N) is 3. The largest absolute Gasteiger partial charge is 0.480 e. The second-order valence-corrected chi connectivity index (χ2v) is 9.35. The lowest BCUT2D eigenvalue weighted by Crippen LogP contribution is -2.57. The van der Waals surface area contributed by atoms with Crippen molar-refractivity contribution in [3.8, 4) is 0 Å². The van der Waals surface area contributed by atoms with Gasteiger partial charge in [-0.2, -0.15) is 11.8 Å². The molecule has 4 atom stereocenters. The number of nitrogens with two attached hydrogens (primary N) is 3. The Labute approximate surface area is 204 Å². The Hall–Kier alpha value is -2.38. The average Bonchev–Trinajstić information content (AvgIpc) is 2.77. The van der Waals surface area contributed by atoms with Crippen LogP contribution in [-0.2, 0) is 24.0 Å². The van der Waals surface area contributed by atoms with Gasteiger partial charge in [-0.05, 0) is 56.6 Å². The lowest BCUT2D eigenvalue weighted by molar-refractivity contribution is -0.142. The Kier molecular flexibility index (Phi) is 15.9. The predicted molar refractivity (Wildman–Crippen MR) is 131 cm³/mol. The van der Waals surface area contributed by atoms with Gasteiger partial charge in [0.05, 0.1) is 6.04 Å². The fourth-order valence-electron chi connectivity index (χ4n) is 2.93. The number of primary amides is 1. The highest BCUT2D eigenvalue weighted by atomic mass is 32.2. The molecule has 0 heterocycles. The minimum Gasteiger partial charge on any atom is -0.480 e. The Morgan fingerprint density at radius 1 is 0.853 bits per heavy atom. The fourth-order valence-corrected chi connectivity index (χ4v) is 3.40. The first-order chi connectivity index (χ1) is 15.9. The highest BCUT2D eigenvalue weighted by Crippen LogP contribution is 2.07. The Morgan fingerprint density at radius 3 is 1.85 bits per heavy atom. The summed E-state index contributed by atoms with van der Waals surface area (Å²) in [6.07, 6.45) is 3.08. The molecule has 0 bridgehead atoms. The Bertz CT molecular complexity index is 693. The van der Waals surface area contributed by atoms with Crippen LogP contribution in [0.5, 0.6) is 0 Å². The minimum absolute atomic E-state index is 0.128. The molecule has 4 amide bonds. The Morgan fingerprint density at radius 2 is 1.38 bits per heavy atom. The number of amides is 4. The number of rotatable bonds is 18. The van der Waals surface area contributed by atoms with Crippen LogP contribution in [0.1, 0.15) is 52.4 Å². The summed E-state index contributed by atoms with van der Waals surface area (Å²) in [4.78, 5) is 61.0. The normalized spacial score (nSPS) is 14.5. The van der Waals surface area contributed by atoms with Crippen molar-refractivity contribution in [2.75, 3.05) is 18.6 Å². The number of hydrogen-bond donors (Lipinski definition) is 7. The smallest absolute Gasteiger partial charge is 0.326 e. The van der Waals surface area contributed by atoms with Gasteiger partial charge in [-0.3, -0.25) is 19.2 Å². The standard InChI is InChI=1S/C21H40N6O6S/c1-12(2)17(24)20(31)26-13(6-4-5-10-22)18(29)25-14(7-8-16(23)28)19(30)27-15(21(32)33)9-11-34-3/h12-15,17H,4-11,22,24H2,1-3H3,(H2,23,28)(H,25,29)(H,26,31)(H,27,30)(H,32,33). The highest BCUT2D eigenvalue weighted by Gasteiger charge is 2.30. The van der Waals surface area contributed by atoms with Crippen LogP contribution in [-0.4, -0.2) is 77.4 Å². The van der Waals surface area contributed by atoms with Crippen molar-refractivity contribution in [1.29, 1.82) is 0 Å². The highest BCUT2D eigenvalue weighted by molar-refractivity contribution is 7.98. The number of aliphatic carboxylic acids is 1. The summed E-state index contributed by atoms with van der Waals surface area (Å²) in [5.74, 6) is -3.46. The van der Waals surface area contributed by atoms with Crippen LogP contribution in [0.4, 0.5) is 0 Å². The topological polar surface area (TPSA) is 220 Å². The first-order valence-electron chi connectivity index (χ1n) is 11.3. The number of thioether (sulfide) groups is 1. The summed E-state index contributed by atoms with van der Waals surface area (Å²) in [5.41, 5.74) is 16.6. The maximum Gasteiger partial charge on any atom is 0.326 e. The summed E-state index contributed by atoms with van der Waals surface area (Å²) in [6, 6.07) is -4.19. The first-order valence-corrected chi connectivity index (χ1v) is 12.7. The van der Waals surface area contributed by atoms with Gasteiger partial charge in [0.2, 0.25) is 23.6 Å². The van der Waals surface area contributed by atoms with Crippen molar-refractivity contribution < 1.29 is 29.1 Å². The third kappa shape index (κ3) is 12.8. The molecule has 0 aliphatic heterocycles. The zero-order chi connectivity index (χ0) is 26.3. The second kappa shape index (κ2) is 17.1. The van der Waals surface area contributed by atoms with Crippen LogP contribution in [0, 0.1) is 5.92 Å². The van der Waals surface area contributed by atoms with Crippen LogP contribution in [0.2, 0.25) is 0 Å². The molecule has 0 saturated carbocycles. The number of hydrogen-bond acceptors (Lipinski definition) is 8. The molecule has 34 heavy (non-hydrogen) atoms. The molecule has 4 unspecified atom stereocenters. The quantitative estimate of drug-likeness (QED) is 0.110. The molecular weight excluding hydrogens is 464 g/mol. The molecule has 0 aromatic rings. The van der Waals surface area contributed by atoms with Gasteiger partial charge in [-0.25, -0.2) is 4.79 Å². The molecule has 0 aliphatic carbocycles. The van der Waals surface area contributed by atoms with Crippen LogP contribution >= 0.6 is 11.8 Å². The molecule has 0 rings (SSSR count). The van der Waals surface area contributed by atoms with E-state index in [1.165, 1.54) is 11.8 Å². The molecule has 0 radical (unpaired) electrons. The van der Waals surface area contributed by atoms with Crippen LogP contribution in [0.25, 0.3) is 0 Å². The molecule has 0 fully saturated rings. The van der Waals surface area contributed by atoms with Crippen molar-refractivity contribution >= 4 is 41.4 Å². The van der Waals surface area contributed by atoms with Gasteiger partial charge in [0.15, 0.2) is 0 Å². The van der Waals surface area contributed by atoms with E-state index in [1.807, 2.05) is 0 Å². The van der Waals surface area contributed by atoms with Gasteiger partial charge < -0.3 is 38.3 Å². The van der Waals surface area contributed by atoms with Crippen molar-refractivity contribution in [1.82, 2.24) is 16.0 Å². The zero-order valence-electron chi connectivity index (χ0n) is 20.2. The van der Waals surface area contributed by atoms with Crippen LogP contribution in [0.3, 0.4) is 0 Å². The summed E-state index contributed by atoms with van der Waals surface area (Å²) in [7, 11) is 0. The second-order valence-electron chi connectivity index (χ2n) is 8.36. The van der Waals surface area contributed by atoms with E-state index in [1.54, 1.807) is 20.1 Å². The molecule has 0 spiro atoms. The lowest BCUT2D eigenvalue weighted by atomic mass is 10.0. The molecule has 0 aliphatic rings. The van der Waals surface area contributed by atoms with Gasteiger partial charge in [0, 0.05) is 6.42 Å². The third-order valence-corrected chi connectivity index (χ3v) is 5.78. The molecular formula is C21H40N6O6S. The summed E-state index contributed by atoms with van der Waals surface area (Å²) in [5, 5.41) is 16.9. The van der Waals surface area contributed by atoms with Gasteiger partial charge >= 0.3 is 5.97 Å². The van der Waals surface area contributed by atoms with E-state index in [9.17, 15) is 29.1 Å². The van der Waals surface area contributed by atoms with E-state index in [4.69, 9.17) is 17.2 Å². The molecule has 196 valence electrons. The maximum atomic E-state index is 13.0. The van der Waals surface area contributed by atoms with Gasteiger partial charge in [-0.15, -0.1) is 0 Å². The van der Waals surface area contributed by atoms with E-state index in [0.717, 1.165) is 0 Å². The molecule has 0 aromatic carbocycles. The third-order valence-electron chi connectivity index (χ3n) is 5.14. The van der Waals surface area contributed by atoms with E-state index >= 15 is 0 Å². The monoisotopic (exact) mass is 504 g/mol. The van der Waals surface area contributed by atoms with E-state index < -0.39 is 53.8 Å². The Balaban J connectivity index is 5.54. The lowest BCUT2D eigenvalue weighted by Gasteiger charge is -2.25. The average molecular weight is 505 g/mol. The maximum absolute atomic E-state index is 13.0. The van der Waals surface area contributed by atoms with Gasteiger partial charge in [0.25, 0.3) is 0 Å². The predicted octanol–water partition coefficient (Wildman–Crippen LogP) is -1.34. The molecule has 0 aromatic heterocycles. The number of unbranched alkanes of at least 4 members (excludes halogenated alkanes) is 1. The summed E-state index contributed by atoms with van der Waals surface area (Å²) in [6.45, 7) is 3.95. The van der Waals surface area contributed by atoms with Gasteiger partial charge in [-0.1, -0.05) is 13.8 Å². The van der Waals surface area contributed by atoms with E-state index in [2.05, 4.69) is 16.0 Å². The first kappa shape index (κ1) is 31.6. The van der Waals surface area contributed by atoms with Crippen molar-refractivity contribution in [3.05, 3.63) is 0 Å². The van der Waals surface area contributed by atoms with Gasteiger partial charge in [0.1, 0.15) is 18.1 Å². The number of carbonyl (C=O) groups is 5. The molecule has 12 nitrogen and oxygen atoms in total. The number of carboxylic acid groups (broad SMARTS) is 1. The zero-order valence-corrected chi connectivity index (χ0v) is 21.0. The number of carbonyl (C=O) groups excluding carboxylic acids is 4.